The molecule has 6 unspecified atom stereocenters. The summed E-state index contributed by atoms with van der Waals surface area (Å²) >= 11 is 0. The third kappa shape index (κ3) is 8.35. The standard InChI is InChI=1S/C66H69N3/c1-3-15-46(4-2)49-24-32-54(33-25-49)67(55-34-26-50(27-35-55)47-16-7-5-8-17-47)56-38-40-58(41-39-56)69-64-23-14-12-21-60(64)62-45-53(31-43-66(62)69)52-30-42-65-61(44-52)59-20-11-13-22-63(59)68(65)57-36-28-51(29-37-57)48-18-9-6-10-19-48/h3-5,7-9,12-18,21-23,26-27,30-32,34-35,38-45,48-49,51,57,59,61,63,65H,6,10-11,19-20,24-25,28-29,33,36-37H2,1-2H3/b15-3-,46-4+. The Balaban J connectivity index is 0.840. The molecule has 6 aromatic rings. The number of aromatic nitrogens is 1. The van der Waals surface area contributed by atoms with E-state index in [0.717, 1.165) is 31.1 Å². The van der Waals surface area contributed by atoms with Crippen molar-refractivity contribution in [2.75, 3.05) is 4.90 Å². The topological polar surface area (TPSA) is 11.4 Å². The number of fused-ring (bicyclic) bond motifs is 6. The van der Waals surface area contributed by atoms with Gasteiger partial charge < -0.3 is 9.47 Å². The Morgan fingerprint density at radius 1 is 0.638 bits per heavy atom. The summed E-state index contributed by atoms with van der Waals surface area (Å²) in [5.74, 6) is 3.52. The van der Waals surface area contributed by atoms with Crippen LogP contribution in [0, 0.1) is 29.6 Å². The molecule has 0 bridgehead atoms. The van der Waals surface area contributed by atoms with Gasteiger partial charge in [0.05, 0.1) is 11.0 Å². The molecular weight excluding hydrogens is 835 g/mol. The second kappa shape index (κ2) is 19.3. The first-order valence-corrected chi connectivity index (χ1v) is 26.7. The van der Waals surface area contributed by atoms with Crippen molar-refractivity contribution in [2.24, 2.45) is 29.6 Å². The van der Waals surface area contributed by atoms with E-state index >= 15 is 0 Å². The quantitative estimate of drug-likeness (QED) is 0.100. The van der Waals surface area contributed by atoms with E-state index < -0.39 is 0 Å². The largest absolute Gasteiger partial charge is 0.315 e. The Hall–Kier alpha value is -6.16. The highest BCUT2D eigenvalue weighted by molar-refractivity contribution is 6.10. The van der Waals surface area contributed by atoms with Crippen molar-refractivity contribution in [1.29, 1.82) is 0 Å². The molecule has 1 aromatic heterocycles. The molecule has 0 radical (unpaired) electrons. The Kier molecular flexibility index (Phi) is 12.3. The molecule has 0 spiro atoms. The van der Waals surface area contributed by atoms with Gasteiger partial charge in [-0.1, -0.05) is 134 Å². The van der Waals surface area contributed by atoms with E-state index in [-0.39, 0.29) is 0 Å². The summed E-state index contributed by atoms with van der Waals surface area (Å²) < 4.78 is 2.48. The number of hydrogen-bond donors (Lipinski definition) is 0. The molecule has 348 valence electrons. The fraction of sp³-hybridized carbons (Fsp3) is 0.333. The minimum atomic E-state index is 0.501. The van der Waals surface area contributed by atoms with Crippen LogP contribution in [0.5, 0.6) is 0 Å². The number of nitrogens with zero attached hydrogens (tertiary/aromatic N) is 3. The van der Waals surface area contributed by atoms with E-state index in [2.05, 4.69) is 216 Å². The van der Waals surface area contributed by atoms with Crippen LogP contribution in [-0.2, 0) is 0 Å². The van der Waals surface area contributed by atoms with Gasteiger partial charge in [-0.05, 0) is 197 Å². The van der Waals surface area contributed by atoms with Crippen molar-refractivity contribution in [3.8, 4) is 16.8 Å². The second-order valence-corrected chi connectivity index (χ2v) is 21.1. The Morgan fingerprint density at radius 3 is 2.13 bits per heavy atom. The van der Waals surface area contributed by atoms with Crippen molar-refractivity contribution in [1.82, 2.24) is 9.47 Å². The van der Waals surface area contributed by atoms with Crippen LogP contribution in [0.1, 0.15) is 96.5 Å². The second-order valence-electron chi connectivity index (χ2n) is 21.1. The average molecular weight is 904 g/mol. The Morgan fingerprint density at radius 2 is 1.38 bits per heavy atom. The van der Waals surface area contributed by atoms with Crippen molar-refractivity contribution in [3.63, 3.8) is 0 Å². The fourth-order valence-corrected chi connectivity index (χ4v) is 14.0. The SMILES string of the molecule is C/C=C\C(=C/C)C1CC=C(N(c2ccc(-c3ccccc3)cc2)c2ccc(-n3c4ccccc4c4cc(C5=CC6C7CCC=CC7N(C7CCC(C8C=CCCC8)CC7)C6C=C5)ccc43)cc2)CC1. The molecule has 3 nitrogen and oxygen atoms in total. The third-order valence-electron chi connectivity index (χ3n) is 17.4. The van der Waals surface area contributed by atoms with Gasteiger partial charge >= 0.3 is 0 Å². The molecule has 3 heteroatoms. The highest BCUT2D eigenvalue weighted by Crippen LogP contribution is 2.50. The molecule has 1 saturated heterocycles. The van der Waals surface area contributed by atoms with E-state index in [1.165, 1.54) is 130 Å². The van der Waals surface area contributed by atoms with Crippen molar-refractivity contribution >= 4 is 38.8 Å². The highest BCUT2D eigenvalue weighted by atomic mass is 15.3. The molecule has 6 aliphatic rings. The van der Waals surface area contributed by atoms with E-state index in [0.29, 0.717) is 35.9 Å². The van der Waals surface area contributed by atoms with Crippen LogP contribution in [-0.4, -0.2) is 27.6 Å². The maximum atomic E-state index is 3.00. The van der Waals surface area contributed by atoms with Crippen LogP contribution in [0.4, 0.5) is 11.4 Å². The predicted octanol–water partition coefficient (Wildman–Crippen LogP) is 17.3. The molecular formula is C66H69N3. The van der Waals surface area contributed by atoms with Gasteiger partial charge in [-0.3, -0.25) is 4.90 Å². The average Bonchev–Trinajstić information content (AvgIpc) is 3.94. The minimum Gasteiger partial charge on any atom is -0.315 e. The van der Waals surface area contributed by atoms with Gasteiger partial charge in [0.2, 0.25) is 0 Å². The summed E-state index contributed by atoms with van der Waals surface area (Å²) in [6.07, 6.45) is 42.5. The lowest BCUT2D eigenvalue weighted by molar-refractivity contribution is 0.0969. The summed E-state index contributed by atoms with van der Waals surface area (Å²) in [4.78, 5) is 5.50. The van der Waals surface area contributed by atoms with Crippen LogP contribution >= 0.6 is 0 Å². The predicted molar refractivity (Wildman–Crippen MR) is 293 cm³/mol. The van der Waals surface area contributed by atoms with Gasteiger partial charge in [0.1, 0.15) is 0 Å². The molecule has 2 fully saturated rings. The van der Waals surface area contributed by atoms with Gasteiger partial charge in [-0.15, -0.1) is 0 Å². The number of hydrogen-bond acceptors (Lipinski definition) is 2. The smallest absolute Gasteiger partial charge is 0.0541 e. The van der Waals surface area contributed by atoms with Crippen LogP contribution < -0.4 is 4.90 Å². The van der Waals surface area contributed by atoms with Gasteiger partial charge in [0.15, 0.2) is 0 Å². The Labute approximate surface area is 411 Å². The van der Waals surface area contributed by atoms with Crippen LogP contribution in [0.3, 0.4) is 0 Å². The van der Waals surface area contributed by atoms with Gasteiger partial charge in [-0.2, -0.15) is 0 Å². The number of allylic oxidation sites excluding steroid dienone is 11. The minimum absolute atomic E-state index is 0.501. The zero-order valence-electron chi connectivity index (χ0n) is 40.8. The number of rotatable bonds is 10. The molecule has 0 amide bonds. The van der Waals surface area contributed by atoms with Crippen molar-refractivity contribution in [2.45, 2.75) is 109 Å². The number of benzene rings is 5. The normalized spacial score (nSPS) is 27.1. The molecule has 5 aliphatic carbocycles. The maximum absolute atomic E-state index is 3.00. The monoisotopic (exact) mass is 904 g/mol. The van der Waals surface area contributed by atoms with E-state index in [4.69, 9.17) is 0 Å². The molecule has 12 rings (SSSR count). The molecule has 1 saturated carbocycles. The Bertz CT molecular complexity index is 3020. The molecule has 2 heterocycles. The first-order chi connectivity index (χ1) is 34.1. The van der Waals surface area contributed by atoms with Gasteiger partial charge in [0.25, 0.3) is 0 Å². The lowest BCUT2D eigenvalue weighted by atomic mass is 9.74. The molecule has 6 atom stereocenters. The summed E-state index contributed by atoms with van der Waals surface area (Å²) in [7, 11) is 0. The summed E-state index contributed by atoms with van der Waals surface area (Å²) in [5, 5.41) is 2.63. The number of anilines is 2. The summed E-state index contributed by atoms with van der Waals surface area (Å²) in [6.45, 7) is 4.30. The number of likely N-dealkylation sites (tertiary alicyclic amines) is 1. The zero-order valence-corrected chi connectivity index (χ0v) is 40.8. The van der Waals surface area contributed by atoms with Crippen LogP contribution in [0.15, 0.2) is 199 Å². The molecule has 1 aliphatic heterocycles. The lowest BCUT2D eigenvalue weighted by Gasteiger charge is -2.42. The van der Waals surface area contributed by atoms with Crippen molar-refractivity contribution in [3.05, 3.63) is 205 Å². The molecule has 0 N–H and O–H groups in total. The van der Waals surface area contributed by atoms with E-state index in [1.54, 1.807) is 0 Å². The molecule has 69 heavy (non-hydrogen) atoms. The van der Waals surface area contributed by atoms with Crippen LogP contribution in [0.2, 0.25) is 0 Å². The number of para-hydroxylation sites is 1. The first-order valence-electron chi connectivity index (χ1n) is 26.7. The van der Waals surface area contributed by atoms with Crippen molar-refractivity contribution < 1.29 is 0 Å². The van der Waals surface area contributed by atoms with E-state index in [9.17, 15) is 0 Å². The summed E-state index contributed by atoms with van der Waals surface area (Å²) in [6, 6.07) is 47.3. The highest BCUT2D eigenvalue weighted by Gasteiger charge is 2.50. The molecule has 5 aromatic carbocycles. The first kappa shape index (κ1) is 44.1. The zero-order chi connectivity index (χ0) is 46.3. The lowest BCUT2D eigenvalue weighted by Crippen LogP contribution is -2.46. The van der Waals surface area contributed by atoms with Gasteiger partial charge in [-0.25, -0.2) is 0 Å². The van der Waals surface area contributed by atoms with E-state index in [1.807, 2.05) is 0 Å². The third-order valence-corrected chi connectivity index (χ3v) is 17.4. The maximum Gasteiger partial charge on any atom is 0.0541 e. The summed E-state index contributed by atoms with van der Waals surface area (Å²) in [5.41, 5.74) is 14.1. The van der Waals surface area contributed by atoms with Crippen LogP contribution in [0.25, 0.3) is 44.2 Å². The van der Waals surface area contributed by atoms with Gasteiger partial charge in [0, 0.05) is 57.6 Å². The fourth-order valence-electron chi connectivity index (χ4n) is 14.0.